The lowest BCUT2D eigenvalue weighted by atomic mass is 9.95. The number of hydrogen-bond acceptors (Lipinski definition) is 5. The fourth-order valence-electron chi connectivity index (χ4n) is 3.35. The van der Waals surface area contributed by atoms with E-state index in [1.165, 1.54) is 38.4 Å². The zero-order valence-corrected chi connectivity index (χ0v) is 17.2. The van der Waals surface area contributed by atoms with Crippen LogP contribution in [-0.4, -0.2) is 33.9 Å². The largest absolute Gasteiger partial charge is 0.493 e. The van der Waals surface area contributed by atoms with Crippen molar-refractivity contribution in [1.82, 2.24) is 0 Å². The first-order valence-electron chi connectivity index (χ1n) is 9.93. The number of rotatable bonds is 9. The Morgan fingerprint density at radius 2 is 1.39 bits per heavy atom. The maximum Gasteiger partial charge on any atom is 0.175 e. The third kappa shape index (κ3) is 6.44. The molecule has 2 aromatic carbocycles. The molecule has 1 aliphatic carbocycles. The van der Waals surface area contributed by atoms with Gasteiger partial charge in [-0.05, 0) is 61.4 Å². The van der Waals surface area contributed by atoms with Crippen LogP contribution < -0.4 is 14.8 Å². The predicted molar refractivity (Wildman–Crippen MR) is 112 cm³/mol. The second-order valence-electron chi connectivity index (χ2n) is 7.30. The molecule has 2 aromatic rings. The first-order chi connectivity index (χ1) is 13.5. The molecule has 5 nitrogen and oxygen atoms in total. The van der Waals surface area contributed by atoms with E-state index in [2.05, 4.69) is 17.4 Å². The highest BCUT2D eigenvalue weighted by Crippen LogP contribution is 2.23. The highest BCUT2D eigenvalue weighted by atomic mass is 32.2. The van der Waals surface area contributed by atoms with Gasteiger partial charge in [0.2, 0.25) is 0 Å². The van der Waals surface area contributed by atoms with Crippen LogP contribution in [0.3, 0.4) is 0 Å². The van der Waals surface area contributed by atoms with E-state index in [1.807, 2.05) is 12.1 Å². The van der Waals surface area contributed by atoms with Gasteiger partial charge in [-0.15, -0.1) is 0 Å². The molecule has 3 rings (SSSR count). The van der Waals surface area contributed by atoms with Crippen molar-refractivity contribution in [2.24, 2.45) is 0 Å². The number of hydrogen-bond donors (Lipinski definition) is 1. The lowest BCUT2D eigenvalue weighted by Gasteiger charge is -2.23. The number of anilines is 1. The maximum absolute atomic E-state index is 11.4. The second kappa shape index (κ2) is 9.82. The minimum Gasteiger partial charge on any atom is -0.493 e. The highest BCUT2D eigenvalue weighted by molar-refractivity contribution is 7.90. The Hall–Kier alpha value is -2.21. The molecular formula is C22H29NO4S. The van der Waals surface area contributed by atoms with Crippen molar-refractivity contribution in [2.75, 3.05) is 24.8 Å². The summed E-state index contributed by atoms with van der Waals surface area (Å²) in [5, 5.41) is 3.60. The first-order valence-corrected chi connectivity index (χ1v) is 11.8. The normalized spacial score (nSPS) is 15.2. The highest BCUT2D eigenvalue weighted by Gasteiger charge is 2.12. The smallest absolute Gasteiger partial charge is 0.175 e. The van der Waals surface area contributed by atoms with E-state index >= 15 is 0 Å². The van der Waals surface area contributed by atoms with Gasteiger partial charge in [0.15, 0.2) is 9.84 Å². The first kappa shape index (κ1) is 20.5. The predicted octanol–water partition coefficient (Wildman–Crippen LogP) is 4.68. The van der Waals surface area contributed by atoms with Crippen LogP contribution in [0.1, 0.15) is 38.5 Å². The van der Waals surface area contributed by atoms with Crippen LogP contribution in [0.4, 0.5) is 5.69 Å². The summed E-state index contributed by atoms with van der Waals surface area (Å²) in [4.78, 5) is 0.296. The number of nitrogens with one attached hydrogen (secondary N) is 1. The summed E-state index contributed by atoms with van der Waals surface area (Å²) in [5.74, 6) is 1.51. The SMILES string of the molecule is CS(=O)(=O)c1ccc(OCCCOc2ccc(NC3CCCCC3)cc2)cc1. The van der Waals surface area contributed by atoms with Gasteiger partial charge in [-0.3, -0.25) is 0 Å². The zero-order chi connectivity index (χ0) is 19.8. The summed E-state index contributed by atoms with van der Waals surface area (Å²) in [7, 11) is -3.17. The Bertz CT molecular complexity index is 826. The van der Waals surface area contributed by atoms with Gasteiger partial charge in [0.1, 0.15) is 11.5 Å². The van der Waals surface area contributed by atoms with Crippen molar-refractivity contribution < 1.29 is 17.9 Å². The summed E-state index contributed by atoms with van der Waals surface area (Å²) in [6.45, 7) is 1.08. The van der Waals surface area contributed by atoms with E-state index in [1.54, 1.807) is 24.3 Å². The fraction of sp³-hybridized carbons (Fsp3) is 0.455. The Kier molecular flexibility index (Phi) is 7.20. The molecule has 0 heterocycles. The molecule has 0 unspecified atom stereocenters. The molecule has 28 heavy (non-hydrogen) atoms. The second-order valence-corrected chi connectivity index (χ2v) is 9.31. The van der Waals surface area contributed by atoms with Crippen molar-refractivity contribution in [3.05, 3.63) is 48.5 Å². The van der Waals surface area contributed by atoms with Crippen LogP contribution in [0.5, 0.6) is 11.5 Å². The molecule has 0 radical (unpaired) electrons. The van der Waals surface area contributed by atoms with Crippen LogP contribution >= 0.6 is 0 Å². The molecule has 1 fully saturated rings. The van der Waals surface area contributed by atoms with Gasteiger partial charge in [-0.25, -0.2) is 8.42 Å². The third-order valence-corrected chi connectivity index (χ3v) is 6.04. The third-order valence-electron chi connectivity index (χ3n) is 4.91. The van der Waals surface area contributed by atoms with Crippen LogP contribution in [0.15, 0.2) is 53.4 Å². The molecule has 152 valence electrons. The van der Waals surface area contributed by atoms with Gasteiger partial charge < -0.3 is 14.8 Å². The van der Waals surface area contributed by atoms with Crippen molar-refractivity contribution in [1.29, 1.82) is 0 Å². The minimum absolute atomic E-state index is 0.296. The van der Waals surface area contributed by atoms with Gasteiger partial charge in [0, 0.05) is 24.4 Å². The molecule has 0 amide bonds. The Labute approximate surface area is 168 Å². The van der Waals surface area contributed by atoms with E-state index in [-0.39, 0.29) is 0 Å². The molecular weight excluding hydrogens is 374 g/mol. The van der Waals surface area contributed by atoms with E-state index in [0.29, 0.717) is 29.9 Å². The lowest BCUT2D eigenvalue weighted by molar-refractivity contribution is 0.247. The van der Waals surface area contributed by atoms with Gasteiger partial charge in [0.05, 0.1) is 18.1 Å². The summed E-state index contributed by atoms with van der Waals surface area (Å²) in [6.07, 6.45) is 8.46. The molecule has 1 N–H and O–H groups in total. The Balaban J connectivity index is 1.34. The molecule has 0 aromatic heterocycles. The number of ether oxygens (including phenoxy) is 2. The van der Waals surface area contributed by atoms with Gasteiger partial charge in [-0.2, -0.15) is 0 Å². The van der Waals surface area contributed by atoms with Crippen LogP contribution in [0.25, 0.3) is 0 Å². The zero-order valence-electron chi connectivity index (χ0n) is 16.4. The topological polar surface area (TPSA) is 64.6 Å². The average molecular weight is 404 g/mol. The molecule has 0 saturated heterocycles. The lowest BCUT2D eigenvalue weighted by Crippen LogP contribution is -2.22. The number of benzene rings is 2. The molecule has 1 aliphatic rings. The Morgan fingerprint density at radius 1 is 0.857 bits per heavy atom. The van der Waals surface area contributed by atoms with Crippen LogP contribution in [0.2, 0.25) is 0 Å². The summed E-state index contributed by atoms with van der Waals surface area (Å²) < 4.78 is 34.3. The Morgan fingerprint density at radius 3 is 1.93 bits per heavy atom. The molecule has 0 atom stereocenters. The minimum atomic E-state index is -3.17. The molecule has 6 heteroatoms. The fourth-order valence-corrected chi connectivity index (χ4v) is 3.98. The van der Waals surface area contributed by atoms with Crippen LogP contribution in [0, 0.1) is 0 Å². The maximum atomic E-state index is 11.4. The van der Waals surface area contributed by atoms with E-state index in [9.17, 15) is 8.42 Å². The molecule has 0 spiro atoms. The van der Waals surface area contributed by atoms with E-state index in [4.69, 9.17) is 9.47 Å². The molecule has 0 aliphatic heterocycles. The van der Waals surface area contributed by atoms with Crippen molar-refractivity contribution in [2.45, 2.75) is 49.5 Å². The van der Waals surface area contributed by atoms with Gasteiger partial charge in [-0.1, -0.05) is 19.3 Å². The standard InChI is InChI=1S/C22H29NO4S/c1-28(24,25)22-14-12-21(13-15-22)27-17-5-16-26-20-10-8-19(9-11-20)23-18-6-3-2-4-7-18/h8-15,18,23H,2-7,16-17H2,1H3. The van der Waals surface area contributed by atoms with E-state index in [0.717, 1.165) is 17.9 Å². The summed E-state index contributed by atoms with van der Waals surface area (Å²) >= 11 is 0. The van der Waals surface area contributed by atoms with Crippen molar-refractivity contribution >= 4 is 15.5 Å². The summed E-state index contributed by atoms with van der Waals surface area (Å²) in [6, 6.07) is 15.2. The molecule has 0 bridgehead atoms. The monoisotopic (exact) mass is 403 g/mol. The van der Waals surface area contributed by atoms with E-state index < -0.39 is 9.84 Å². The average Bonchev–Trinajstić information content (AvgIpc) is 2.69. The van der Waals surface area contributed by atoms with Crippen molar-refractivity contribution in [3.63, 3.8) is 0 Å². The molecule has 1 saturated carbocycles. The quantitative estimate of drug-likeness (QED) is 0.616. The van der Waals surface area contributed by atoms with Crippen LogP contribution in [-0.2, 0) is 9.84 Å². The number of sulfone groups is 1. The van der Waals surface area contributed by atoms with Crippen molar-refractivity contribution in [3.8, 4) is 11.5 Å². The van der Waals surface area contributed by atoms with Gasteiger partial charge >= 0.3 is 0 Å². The summed E-state index contributed by atoms with van der Waals surface area (Å²) in [5.41, 5.74) is 1.15. The van der Waals surface area contributed by atoms with Gasteiger partial charge in [0.25, 0.3) is 0 Å².